The van der Waals surface area contributed by atoms with Crippen LogP contribution in [0.3, 0.4) is 0 Å². The van der Waals surface area contributed by atoms with Gasteiger partial charge in [0.15, 0.2) is 0 Å². The molecular formula is C13H22O2. The first kappa shape index (κ1) is 12.3. The third-order valence-corrected chi connectivity index (χ3v) is 3.41. The molecule has 0 saturated heterocycles. The van der Waals surface area contributed by atoms with Crippen LogP contribution in [0.1, 0.15) is 45.4 Å². The topological polar surface area (TPSA) is 26.3 Å². The molecule has 15 heavy (non-hydrogen) atoms. The summed E-state index contributed by atoms with van der Waals surface area (Å²) in [7, 11) is 1.60. The molecule has 0 amide bonds. The van der Waals surface area contributed by atoms with Crippen molar-refractivity contribution in [3.05, 3.63) is 11.8 Å². The maximum Gasteiger partial charge on any atom is 0.149 e. The molecule has 0 aromatic carbocycles. The molecule has 86 valence electrons. The molecule has 1 aliphatic carbocycles. The van der Waals surface area contributed by atoms with E-state index in [1.807, 2.05) is 0 Å². The van der Waals surface area contributed by atoms with Crippen molar-refractivity contribution < 1.29 is 9.53 Å². The lowest BCUT2D eigenvalue weighted by Crippen LogP contribution is -2.16. The van der Waals surface area contributed by atoms with Crippen LogP contribution in [-0.2, 0) is 9.53 Å². The van der Waals surface area contributed by atoms with Crippen LogP contribution in [0.25, 0.3) is 0 Å². The van der Waals surface area contributed by atoms with E-state index < -0.39 is 0 Å². The summed E-state index contributed by atoms with van der Waals surface area (Å²) in [6, 6.07) is 0. The van der Waals surface area contributed by atoms with Gasteiger partial charge in [-0.1, -0.05) is 19.8 Å². The van der Waals surface area contributed by atoms with Gasteiger partial charge < -0.3 is 4.74 Å². The Morgan fingerprint density at radius 2 is 2.00 bits per heavy atom. The van der Waals surface area contributed by atoms with Gasteiger partial charge in [0.05, 0.1) is 13.4 Å². The van der Waals surface area contributed by atoms with Crippen molar-refractivity contribution in [2.24, 2.45) is 11.8 Å². The first-order valence-corrected chi connectivity index (χ1v) is 5.99. The van der Waals surface area contributed by atoms with Crippen LogP contribution in [0.5, 0.6) is 0 Å². The molecule has 2 nitrogen and oxygen atoms in total. The fraction of sp³-hybridized carbons (Fsp3) is 0.769. The van der Waals surface area contributed by atoms with Gasteiger partial charge in [-0.25, -0.2) is 0 Å². The molecule has 1 saturated carbocycles. The third-order valence-electron chi connectivity index (χ3n) is 3.41. The van der Waals surface area contributed by atoms with Gasteiger partial charge in [-0.05, 0) is 37.5 Å². The zero-order chi connectivity index (χ0) is 11.1. The van der Waals surface area contributed by atoms with E-state index in [0.717, 1.165) is 30.6 Å². The quantitative estimate of drug-likeness (QED) is 0.395. The molecule has 2 heteroatoms. The Morgan fingerprint density at radius 3 is 2.47 bits per heavy atom. The van der Waals surface area contributed by atoms with E-state index >= 15 is 0 Å². The molecule has 1 aliphatic rings. The lowest BCUT2D eigenvalue weighted by atomic mass is 9.77. The van der Waals surface area contributed by atoms with Gasteiger partial charge in [-0.15, -0.1) is 0 Å². The number of hydrogen-bond donors (Lipinski definition) is 0. The van der Waals surface area contributed by atoms with E-state index in [9.17, 15) is 4.79 Å². The largest absolute Gasteiger partial charge is 0.504 e. The van der Waals surface area contributed by atoms with Crippen LogP contribution in [0, 0.1) is 11.8 Å². The van der Waals surface area contributed by atoms with Gasteiger partial charge in [0.2, 0.25) is 0 Å². The lowest BCUT2D eigenvalue weighted by molar-refractivity contribution is -0.105. The van der Waals surface area contributed by atoms with Gasteiger partial charge in [0.1, 0.15) is 6.29 Å². The monoisotopic (exact) mass is 210 g/mol. The Morgan fingerprint density at radius 1 is 1.33 bits per heavy atom. The summed E-state index contributed by atoms with van der Waals surface area (Å²) in [5.74, 6) is 1.33. The summed E-state index contributed by atoms with van der Waals surface area (Å²) in [4.78, 5) is 10.9. The normalized spacial score (nSPS) is 27.5. The average molecular weight is 210 g/mol. The van der Waals surface area contributed by atoms with Crippen molar-refractivity contribution in [1.29, 1.82) is 0 Å². The van der Waals surface area contributed by atoms with Crippen LogP contribution in [0.15, 0.2) is 11.8 Å². The van der Waals surface area contributed by atoms with Crippen LogP contribution in [0.4, 0.5) is 0 Å². The molecule has 0 spiro atoms. The minimum absolute atomic E-state index is 0.440. The highest BCUT2D eigenvalue weighted by molar-refractivity contribution is 5.73. The number of ether oxygens (including phenoxy) is 1. The van der Waals surface area contributed by atoms with E-state index in [1.165, 1.54) is 25.7 Å². The summed E-state index contributed by atoms with van der Waals surface area (Å²) in [6.07, 6.45) is 10.0. The molecule has 0 aromatic rings. The third kappa shape index (κ3) is 3.69. The molecule has 0 aliphatic heterocycles. The van der Waals surface area contributed by atoms with Gasteiger partial charge in [-0.2, -0.15) is 0 Å². The van der Waals surface area contributed by atoms with Crippen molar-refractivity contribution in [1.82, 2.24) is 0 Å². The summed E-state index contributed by atoms with van der Waals surface area (Å²) in [6.45, 7) is 2.24. The van der Waals surface area contributed by atoms with Gasteiger partial charge in [-0.3, -0.25) is 4.79 Å². The Balaban J connectivity index is 2.42. The molecule has 0 N–H and O–H groups in total. The molecule has 0 radical (unpaired) electrons. The molecular weight excluding hydrogens is 188 g/mol. The summed E-state index contributed by atoms with van der Waals surface area (Å²) in [5.41, 5.74) is 0.840. The van der Waals surface area contributed by atoms with E-state index in [-0.39, 0.29) is 0 Å². The van der Waals surface area contributed by atoms with Crippen molar-refractivity contribution in [2.75, 3.05) is 7.11 Å². The minimum atomic E-state index is 0.440. The second-order valence-corrected chi connectivity index (χ2v) is 4.48. The van der Waals surface area contributed by atoms with Crippen molar-refractivity contribution in [3.8, 4) is 0 Å². The Bertz CT molecular complexity index is 213. The van der Waals surface area contributed by atoms with Crippen molar-refractivity contribution >= 4 is 6.29 Å². The van der Waals surface area contributed by atoms with E-state index in [4.69, 9.17) is 4.74 Å². The SMILES string of the molecule is CCC[C@H]1CC[C@H](C(C=O)=COC)CC1. The van der Waals surface area contributed by atoms with Crippen LogP contribution in [-0.4, -0.2) is 13.4 Å². The highest BCUT2D eigenvalue weighted by Gasteiger charge is 2.23. The number of hydrogen-bond acceptors (Lipinski definition) is 2. The maximum atomic E-state index is 10.9. The highest BCUT2D eigenvalue weighted by atomic mass is 16.5. The van der Waals surface area contributed by atoms with E-state index in [1.54, 1.807) is 13.4 Å². The first-order valence-electron chi connectivity index (χ1n) is 5.99. The van der Waals surface area contributed by atoms with Crippen LogP contribution >= 0.6 is 0 Å². The first-order chi connectivity index (χ1) is 7.31. The van der Waals surface area contributed by atoms with Crippen LogP contribution in [0.2, 0.25) is 0 Å². The predicted octanol–water partition coefficient (Wildman–Crippen LogP) is 3.32. The van der Waals surface area contributed by atoms with E-state index in [0.29, 0.717) is 5.92 Å². The molecule has 0 atom stereocenters. The fourth-order valence-electron chi connectivity index (χ4n) is 2.55. The van der Waals surface area contributed by atoms with Crippen molar-refractivity contribution in [2.45, 2.75) is 45.4 Å². The Labute approximate surface area is 92.7 Å². The standard InChI is InChI=1S/C13H22O2/c1-3-4-11-5-7-12(8-6-11)13(9-14)10-15-2/h9-12H,3-8H2,1-2H3/t11-,12-. The number of methoxy groups -OCH3 is 1. The van der Waals surface area contributed by atoms with Gasteiger partial charge in [0, 0.05) is 5.57 Å². The molecule has 0 aromatic heterocycles. The molecule has 0 heterocycles. The molecule has 1 rings (SSSR count). The predicted molar refractivity (Wildman–Crippen MR) is 61.5 cm³/mol. The second kappa shape index (κ2) is 6.65. The number of aldehydes is 1. The second-order valence-electron chi connectivity index (χ2n) is 4.48. The number of carbonyl (C=O) groups excluding carboxylic acids is 1. The van der Waals surface area contributed by atoms with E-state index in [2.05, 4.69) is 6.92 Å². The Hall–Kier alpha value is -0.790. The smallest absolute Gasteiger partial charge is 0.149 e. The fourth-order valence-corrected chi connectivity index (χ4v) is 2.55. The number of allylic oxidation sites excluding steroid dienone is 1. The number of carbonyl (C=O) groups is 1. The average Bonchev–Trinajstić information content (AvgIpc) is 2.28. The molecule has 1 fully saturated rings. The zero-order valence-electron chi connectivity index (χ0n) is 9.87. The Kier molecular flexibility index (Phi) is 5.44. The van der Waals surface area contributed by atoms with Crippen LogP contribution < -0.4 is 0 Å². The number of rotatable bonds is 5. The lowest BCUT2D eigenvalue weighted by Gasteiger charge is -2.28. The van der Waals surface area contributed by atoms with Crippen molar-refractivity contribution in [3.63, 3.8) is 0 Å². The molecule has 0 bridgehead atoms. The minimum Gasteiger partial charge on any atom is -0.504 e. The maximum absolute atomic E-state index is 10.9. The van der Waals surface area contributed by atoms with Gasteiger partial charge >= 0.3 is 0 Å². The summed E-state index contributed by atoms with van der Waals surface area (Å²) >= 11 is 0. The zero-order valence-corrected chi connectivity index (χ0v) is 9.87. The van der Waals surface area contributed by atoms with Gasteiger partial charge in [0.25, 0.3) is 0 Å². The summed E-state index contributed by atoms with van der Waals surface area (Å²) in [5, 5.41) is 0. The molecule has 0 unspecified atom stereocenters. The highest BCUT2D eigenvalue weighted by Crippen LogP contribution is 2.34. The summed E-state index contributed by atoms with van der Waals surface area (Å²) < 4.78 is 4.93.